The van der Waals surface area contributed by atoms with Crippen LogP contribution in [0.4, 0.5) is 4.39 Å². The number of pyridine rings is 1. The molecule has 0 atom stereocenters. The first-order chi connectivity index (χ1) is 10.6. The summed E-state index contributed by atoms with van der Waals surface area (Å²) in [5.41, 5.74) is 0.325. The topological polar surface area (TPSA) is 60.5 Å². The van der Waals surface area contributed by atoms with Gasteiger partial charge in [0.15, 0.2) is 0 Å². The molecule has 5 nitrogen and oxygen atoms in total. The fraction of sp³-hybridized carbons (Fsp3) is 0.500. The number of hydrogen-bond acceptors (Lipinski definition) is 4. The molecule has 124 valence electrons. The van der Waals surface area contributed by atoms with Crippen LogP contribution in [0.3, 0.4) is 0 Å². The Labute approximate surface area is 136 Å². The molecule has 1 fully saturated rings. The minimum absolute atomic E-state index is 0.153. The van der Waals surface area contributed by atoms with Crippen molar-refractivity contribution in [2.45, 2.75) is 45.8 Å². The molecule has 0 unspecified atom stereocenters. The molecule has 0 aromatic carbocycles. The second kappa shape index (κ2) is 6.41. The number of carbonyl (C=O) groups is 1. The zero-order chi connectivity index (χ0) is 17.3. The number of nitrogens with zero attached hydrogens (tertiary/aromatic N) is 1. The summed E-state index contributed by atoms with van der Waals surface area (Å²) in [5.74, 6) is -0.555. The van der Waals surface area contributed by atoms with Gasteiger partial charge in [0.1, 0.15) is 5.82 Å². The first-order valence-corrected chi connectivity index (χ1v) is 7.53. The summed E-state index contributed by atoms with van der Waals surface area (Å²) in [7, 11) is -0.598. The maximum Gasteiger partial charge on any atom is 0.492 e. The molecule has 1 saturated heterocycles. The second-order valence-corrected chi connectivity index (χ2v) is 6.62. The Hall–Kier alpha value is -1.73. The standard InChI is InChI=1S/C16H22BFN2O3/c1-11(21)19-9-12(8-14-7-6-13(18)10-20-14)17-22-15(2,3)16(4,5)23-17/h6-8,10H,9H2,1-5H3,(H,19,21). The Balaban J connectivity index is 2.28. The van der Waals surface area contributed by atoms with Crippen molar-refractivity contribution in [2.75, 3.05) is 6.54 Å². The summed E-state index contributed by atoms with van der Waals surface area (Å²) < 4.78 is 25.0. The van der Waals surface area contributed by atoms with E-state index >= 15 is 0 Å². The van der Waals surface area contributed by atoms with E-state index in [-0.39, 0.29) is 12.5 Å². The van der Waals surface area contributed by atoms with E-state index in [2.05, 4.69) is 10.3 Å². The molecule has 0 saturated carbocycles. The molecule has 7 heteroatoms. The van der Waals surface area contributed by atoms with Crippen molar-refractivity contribution in [2.24, 2.45) is 0 Å². The summed E-state index contributed by atoms with van der Waals surface area (Å²) >= 11 is 0. The van der Waals surface area contributed by atoms with Crippen molar-refractivity contribution < 1.29 is 18.5 Å². The number of aromatic nitrogens is 1. The lowest BCUT2D eigenvalue weighted by atomic mass is 9.77. The zero-order valence-electron chi connectivity index (χ0n) is 14.1. The van der Waals surface area contributed by atoms with Gasteiger partial charge in [0, 0.05) is 13.5 Å². The Kier molecular flexibility index (Phi) is 4.91. The molecule has 0 spiro atoms. The summed E-state index contributed by atoms with van der Waals surface area (Å²) in [5, 5.41) is 2.74. The van der Waals surface area contributed by atoms with Gasteiger partial charge in [-0.1, -0.05) is 0 Å². The van der Waals surface area contributed by atoms with Crippen molar-refractivity contribution in [3.05, 3.63) is 35.3 Å². The van der Waals surface area contributed by atoms with Gasteiger partial charge in [0.25, 0.3) is 0 Å². The van der Waals surface area contributed by atoms with Crippen molar-refractivity contribution in [3.63, 3.8) is 0 Å². The van der Waals surface area contributed by atoms with Crippen molar-refractivity contribution in [3.8, 4) is 0 Å². The highest BCUT2D eigenvalue weighted by atomic mass is 19.1. The van der Waals surface area contributed by atoms with Crippen LogP contribution in [0.15, 0.2) is 23.8 Å². The maximum absolute atomic E-state index is 13.0. The lowest BCUT2D eigenvalue weighted by Gasteiger charge is -2.32. The zero-order valence-corrected chi connectivity index (χ0v) is 14.1. The van der Waals surface area contributed by atoms with Crippen LogP contribution in [0, 0.1) is 5.82 Å². The minimum atomic E-state index is -0.598. The van der Waals surface area contributed by atoms with Gasteiger partial charge in [0.05, 0.1) is 23.1 Å². The third-order valence-electron chi connectivity index (χ3n) is 4.18. The van der Waals surface area contributed by atoms with Crippen LogP contribution < -0.4 is 5.32 Å². The van der Waals surface area contributed by atoms with Crippen LogP contribution in [-0.4, -0.2) is 35.8 Å². The third kappa shape index (κ3) is 4.17. The fourth-order valence-electron chi connectivity index (χ4n) is 2.09. The van der Waals surface area contributed by atoms with E-state index in [0.717, 1.165) is 11.7 Å². The minimum Gasteiger partial charge on any atom is -0.400 e. The highest BCUT2D eigenvalue weighted by Crippen LogP contribution is 2.38. The SMILES string of the molecule is CC(=O)NCC(=Cc1ccc(F)cn1)B1OC(C)(C)C(C)(C)O1. The number of hydrogen-bond donors (Lipinski definition) is 1. The summed E-state index contributed by atoms with van der Waals surface area (Å²) in [4.78, 5) is 15.2. The molecule has 2 heterocycles. The average Bonchev–Trinajstić information content (AvgIpc) is 2.65. The Morgan fingerprint density at radius 1 is 1.30 bits per heavy atom. The van der Waals surface area contributed by atoms with Crippen LogP contribution >= 0.6 is 0 Å². The van der Waals surface area contributed by atoms with Crippen LogP contribution in [-0.2, 0) is 14.1 Å². The largest absolute Gasteiger partial charge is 0.492 e. The average molecular weight is 320 g/mol. The maximum atomic E-state index is 13.0. The first kappa shape index (κ1) is 17.6. The molecule has 1 aliphatic heterocycles. The van der Waals surface area contributed by atoms with E-state index in [1.165, 1.54) is 13.0 Å². The predicted octanol–water partition coefficient (Wildman–Crippen LogP) is 2.37. The lowest BCUT2D eigenvalue weighted by Crippen LogP contribution is -2.41. The predicted molar refractivity (Wildman–Crippen MR) is 86.9 cm³/mol. The van der Waals surface area contributed by atoms with Crippen LogP contribution in [0.2, 0.25) is 0 Å². The number of halogens is 1. The van der Waals surface area contributed by atoms with Crippen molar-refractivity contribution in [1.82, 2.24) is 10.3 Å². The number of carbonyl (C=O) groups excluding carboxylic acids is 1. The molecule has 2 rings (SSSR count). The molecule has 1 aromatic rings. The van der Waals surface area contributed by atoms with Crippen LogP contribution in [0.5, 0.6) is 0 Å². The monoisotopic (exact) mass is 320 g/mol. The van der Waals surface area contributed by atoms with Gasteiger partial charge in [-0.2, -0.15) is 0 Å². The molecule has 1 N–H and O–H groups in total. The summed E-state index contributed by atoms with van der Waals surface area (Å²) in [6.07, 6.45) is 2.89. The Bertz CT molecular complexity index is 598. The van der Waals surface area contributed by atoms with Crippen molar-refractivity contribution in [1.29, 1.82) is 0 Å². The van der Waals surface area contributed by atoms with Crippen LogP contribution in [0.25, 0.3) is 6.08 Å². The van der Waals surface area contributed by atoms with Gasteiger partial charge >= 0.3 is 7.12 Å². The van der Waals surface area contributed by atoms with Gasteiger partial charge in [-0.05, 0) is 51.4 Å². The summed E-state index contributed by atoms with van der Waals surface area (Å²) in [6.45, 7) is 9.54. The molecular formula is C16H22BFN2O3. The van der Waals surface area contributed by atoms with Gasteiger partial charge < -0.3 is 14.6 Å². The van der Waals surface area contributed by atoms with E-state index in [1.54, 1.807) is 12.1 Å². The van der Waals surface area contributed by atoms with E-state index < -0.39 is 24.1 Å². The second-order valence-electron chi connectivity index (χ2n) is 6.62. The molecule has 23 heavy (non-hydrogen) atoms. The van der Waals surface area contributed by atoms with E-state index in [9.17, 15) is 9.18 Å². The molecule has 1 amide bonds. The van der Waals surface area contributed by atoms with E-state index in [4.69, 9.17) is 9.31 Å². The first-order valence-electron chi connectivity index (χ1n) is 7.53. The fourth-order valence-corrected chi connectivity index (χ4v) is 2.09. The van der Waals surface area contributed by atoms with Gasteiger partial charge in [-0.25, -0.2) is 4.39 Å². The normalized spacial score (nSPS) is 19.7. The highest BCUT2D eigenvalue weighted by Gasteiger charge is 2.52. The molecule has 1 aliphatic rings. The lowest BCUT2D eigenvalue weighted by molar-refractivity contribution is -0.118. The van der Waals surface area contributed by atoms with Gasteiger partial charge in [-0.3, -0.25) is 9.78 Å². The van der Waals surface area contributed by atoms with Crippen LogP contribution in [0.1, 0.15) is 40.3 Å². The number of amides is 1. The molecule has 0 radical (unpaired) electrons. The van der Waals surface area contributed by atoms with E-state index in [1.807, 2.05) is 27.7 Å². The molecule has 0 bridgehead atoms. The Morgan fingerprint density at radius 3 is 2.39 bits per heavy atom. The smallest absolute Gasteiger partial charge is 0.400 e. The van der Waals surface area contributed by atoms with E-state index in [0.29, 0.717) is 5.69 Å². The van der Waals surface area contributed by atoms with Crippen molar-refractivity contribution >= 4 is 19.1 Å². The number of nitrogens with one attached hydrogen (secondary N) is 1. The van der Waals surface area contributed by atoms with Gasteiger partial charge in [-0.15, -0.1) is 0 Å². The molecule has 0 aliphatic carbocycles. The summed E-state index contributed by atoms with van der Waals surface area (Å²) in [6, 6.07) is 2.90. The molecular weight excluding hydrogens is 298 g/mol. The Morgan fingerprint density at radius 2 is 1.91 bits per heavy atom. The molecule has 1 aromatic heterocycles. The highest BCUT2D eigenvalue weighted by molar-refractivity contribution is 6.56. The number of rotatable bonds is 4. The quantitative estimate of drug-likeness (QED) is 0.865. The van der Waals surface area contributed by atoms with Gasteiger partial charge in [0.2, 0.25) is 5.91 Å². The third-order valence-corrected chi connectivity index (χ3v) is 4.18.